The Kier molecular flexibility index (Phi) is 5.48. The molecule has 0 bridgehead atoms. The van der Waals surface area contributed by atoms with Crippen LogP contribution in [0.25, 0.3) is 5.76 Å². The predicted molar refractivity (Wildman–Crippen MR) is 116 cm³/mol. The minimum Gasteiger partial charge on any atom is -0.507 e. The van der Waals surface area contributed by atoms with E-state index in [-0.39, 0.29) is 11.3 Å². The summed E-state index contributed by atoms with van der Waals surface area (Å²) >= 11 is 6.10. The van der Waals surface area contributed by atoms with Gasteiger partial charge in [0.15, 0.2) is 0 Å². The Balaban J connectivity index is 1.95. The Bertz CT molecular complexity index is 1210. The van der Waals surface area contributed by atoms with E-state index in [1.54, 1.807) is 48.5 Å². The minimum absolute atomic E-state index is 0.107. The molecule has 1 saturated heterocycles. The molecule has 5 nitrogen and oxygen atoms in total. The van der Waals surface area contributed by atoms with Gasteiger partial charge in [0.25, 0.3) is 11.7 Å². The maximum Gasteiger partial charge on any atom is 0.300 e. The SMILES string of the molecule is COc1cccc(/C(O)=C2\C(=O)C(=O)N(c3cccc(Cl)c3)C2c2ccc(F)cc2)c1. The number of hydrogen-bond donors (Lipinski definition) is 1. The van der Waals surface area contributed by atoms with Crippen LogP contribution in [0.15, 0.2) is 78.4 Å². The molecule has 1 atom stereocenters. The van der Waals surface area contributed by atoms with Crippen molar-refractivity contribution in [2.45, 2.75) is 6.04 Å². The van der Waals surface area contributed by atoms with Crippen molar-refractivity contribution >= 4 is 34.7 Å². The monoisotopic (exact) mass is 437 g/mol. The zero-order valence-electron chi connectivity index (χ0n) is 16.4. The number of carbonyl (C=O) groups excluding carboxylic acids is 2. The molecule has 1 N–H and O–H groups in total. The van der Waals surface area contributed by atoms with Gasteiger partial charge in [-0.25, -0.2) is 4.39 Å². The summed E-state index contributed by atoms with van der Waals surface area (Å²) in [7, 11) is 1.48. The molecule has 0 aromatic heterocycles. The highest BCUT2D eigenvalue weighted by atomic mass is 35.5. The maximum atomic E-state index is 13.6. The molecule has 3 aromatic rings. The lowest BCUT2D eigenvalue weighted by Crippen LogP contribution is -2.29. The molecule has 1 fully saturated rings. The number of carbonyl (C=O) groups is 2. The molecular weight excluding hydrogens is 421 g/mol. The summed E-state index contributed by atoms with van der Waals surface area (Å²) in [6.07, 6.45) is 0. The summed E-state index contributed by atoms with van der Waals surface area (Å²) in [4.78, 5) is 27.3. The summed E-state index contributed by atoms with van der Waals surface area (Å²) < 4.78 is 18.8. The van der Waals surface area contributed by atoms with E-state index in [4.69, 9.17) is 16.3 Å². The largest absolute Gasteiger partial charge is 0.507 e. The molecule has 7 heteroatoms. The van der Waals surface area contributed by atoms with Crippen molar-refractivity contribution in [3.05, 3.63) is 100 Å². The first kappa shape index (κ1) is 20.6. The summed E-state index contributed by atoms with van der Waals surface area (Å²) in [5.74, 6) is -2.01. The molecule has 0 saturated carbocycles. The first-order valence-corrected chi connectivity index (χ1v) is 9.75. The van der Waals surface area contributed by atoms with Gasteiger partial charge in [0.1, 0.15) is 17.3 Å². The van der Waals surface area contributed by atoms with Gasteiger partial charge in [-0.05, 0) is 48.0 Å². The highest BCUT2D eigenvalue weighted by Gasteiger charge is 2.47. The Labute approximate surface area is 182 Å². The first-order valence-electron chi connectivity index (χ1n) is 9.37. The van der Waals surface area contributed by atoms with Crippen molar-refractivity contribution in [2.24, 2.45) is 0 Å². The maximum absolute atomic E-state index is 13.6. The lowest BCUT2D eigenvalue weighted by atomic mass is 9.95. The van der Waals surface area contributed by atoms with E-state index in [0.29, 0.717) is 27.6 Å². The van der Waals surface area contributed by atoms with Gasteiger partial charge in [-0.15, -0.1) is 0 Å². The second-order valence-electron chi connectivity index (χ2n) is 6.93. The van der Waals surface area contributed by atoms with Crippen molar-refractivity contribution < 1.29 is 23.8 Å². The van der Waals surface area contributed by atoms with Gasteiger partial charge in [-0.2, -0.15) is 0 Å². The van der Waals surface area contributed by atoms with Crippen LogP contribution in [0.2, 0.25) is 5.02 Å². The molecule has 1 aliphatic rings. The number of ether oxygens (including phenoxy) is 1. The van der Waals surface area contributed by atoms with Crippen LogP contribution in [0.5, 0.6) is 5.75 Å². The summed E-state index contributed by atoms with van der Waals surface area (Å²) in [6.45, 7) is 0. The highest BCUT2D eigenvalue weighted by Crippen LogP contribution is 2.42. The van der Waals surface area contributed by atoms with E-state index in [1.807, 2.05) is 0 Å². The molecule has 4 rings (SSSR count). The van der Waals surface area contributed by atoms with E-state index in [0.717, 1.165) is 0 Å². The fraction of sp³-hybridized carbons (Fsp3) is 0.0833. The number of nitrogens with zero attached hydrogens (tertiary/aromatic N) is 1. The third-order valence-corrected chi connectivity index (χ3v) is 5.29. The topological polar surface area (TPSA) is 66.8 Å². The third kappa shape index (κ3) is 3.78. The van der Waals surface area contributed by atoms with Crippen LogP contribution in [-0.4, -0.2) is 23.9 Å². The van der Waals surface area contributed by atoms with Crippen LogP contribution in [0.4, 0.5) is 10.1 Å². The molecule has 3 aromatic carbocycles. The van der Waals surface area contributed by atoms with E-state index in [9.17, 15) is 19.1 Å². The van der Waals surface area contributed by atoms with Gasteiger partial charge >= 0.3 is 0 Å². The van der Waals surface area contributed by atoms with E-state index in [1.165, 1.54) is 36.3 Å². The zero-order chi connectivity index (χ0) is 22.1. The second-order valence-corrected chi connectivity index (χ2v) is 7.37. The predicted octanol–water partition coefficient (Wildman–Crippen LogP) is 5.11. The molecule has 0 spiro atoms. The normalized spacial score (nSPS) is 17.8. The average Bonchev–Trinajstić information content (AvgIpc) is 3.04. The molecule has 0 radical (unpaired) electrons. The number of methoxy groups -OCH3 is 1. The number of anilines is 1. The van der Waals surface area contributed by atoms with Crippen LogP contribution in [-0.2, 0) is 9.59 Å². The first-order chi connectivity index (χ1) is 14.9. The minimum atomic E-state index is -0.967. The number of benzene rings is 3. The molecule has 1 unspecified atom stereocenters. The lowest BCUT2D eigenvalue weighted by Gasteiger charge is -2.25. The quantitative estimate of drug-likeness (QED) is 0.350. The number of aliphatic hydroxyl groups is 1. The number of hydrogen-bond acceptors (Lipinski definition) is 4. The van der Waals surface area contributed by atoms with Crippen LogP contribution in [0, 0.1) is 5.82 Å². The van der Waals surface area contributed by atoms with Crippen molar-refractivity contribution in [2.75, 3.05) is 12.0 Å². The van der Waals surface area contributed by atoms with Crippen LogP contribution in [0.3, 0.4) is 0 Å². The molecule has 1 aliphatic heterocycles. The van der Waals surface area contributed by atoms with Gasteiger partial charge in [-0.3, -0.25) is 14.5 Å². The van der Waals surface area contributed by atoms with Crippen molar-refractivity contribution in [1.29, 1.82) is 0 Å². The fourth-order valence-corrected chi connectivity index (χ4v) is 3.80. The molecule has 31 heavy (non-hydrogen) atoms. The van der Waals surface area contributed by atoms with E-state index in [2.05, 4.69) is 0 Å². The van der Waals surface area contributed by atoms with Crippen molar-refractivity contribution in [3.63, 3.8) is 0 Å². The Hall–Kier alpha value is -3.64. The lowest BCUT2D eigenvalue weighted by molar-refractivity contribution is -0.132. The molecule has 1 amide bonds. The van der Waals surface area contributed by atoms with E-state index < -0.39 is 23.5 Å². The van der Waals surface area contributed by atoms with Gasteiger partial charge in [0.2, 0.25) is 0 Å². The fourth-order valence-electron chi connectivity index (χ4n) is 3.61. The van der Waals surface area contributed by atoms with Gasteiger partial charge in [-0.1, -0.05) is 41.9 Å². The van der Waals surface area contributed by atoms with Crippen LogP contribution >= 0.6 is 11.6 Å². The Morgan fingerprint density at radius 3 is 2.42 bits per heavy atom. The third-order valence-electron chi connectivity index (χ3n) is 5.06. The van der Waals surface area contributed by atoms with Crippen LogP contribution in [0.1, 0.15) is 17.2 Å². The smallest absolute Gasteiger partial charge is 0.300 e. The van der Waals surface area contributed by atoms with Crippen molar-refractivity contribution in [3.8, 4) is 5.75 Å². The number of halogens is 2. The van der Waals surface area contributed by atoms with Gasteiger partial charge in [0.05, 0.1) is 18.7 Å². The summed E-state index contributed by atoms with van der Waals surface area (Å²) in [5.41, 5.74) is 1.05. The van der Waals surface area contributed by atoms with Gasteiger partial charge < -0.3 is 9.84 Å². The zero-order valence-corrected chi connectivity index (χ0v) is 17.1. The Morgan fingerprint density at radius 2 is 1.74 bits per heavy atom. The summed E-state index contributed by atoms with van der Waals surface area (Å²) in [5, 5.41) is 11.4. The highest BCUT2D eigenvalue weighted by molar-refractivity contribution is 6.51. The average molecular weight is 438 g/mol. The molecule has 1 heterocycles. The number of ketones is 1. The van der Waals surface area contributed by atoms with Crippen LogP contribution < -0.4 is 9.64 Å². The number of Topliss-reactive ketones (excluding diaryl/α,β-unsaturated/α-hetero) is 1. The number of amides is 1. The molecule has 0 aliphatic carbocycles. The molecular formula is C24H17ClFNO4. The standard InChI is InChI=1S/C24H17ClFNO4/c1-31-19-7-2-4-15(12-19)22(28)20-21(14-8-10-17(26)11-9-14)27(24(30)23(20)29)18-6-3-5-16(25)13-18/h2-13,21,28H,1H3/b22-20+. The second kappa shape index (κ2) is 8.24. The van der Waals surface area contributed by atoms with Crippen molar-refractivity contribution in [1.82, 2.24) is 0 Å². The van der Waals surface area contributed by atoms with Gasteiger partial charge in [0, 0.05) is 16.3 Å². The number of rotatable bonds is 4. The molecule has 156 valence electrons. The number of aliphatic hydroxyl groups excluding tert-OH is 1. The van der Waals surface area contributed by atoms with E-state index >= 15 is 0 Å². The Morgan fingerprint density at radius 1 is 1.03 bits per heavy atom. The summed E-state index contributed by atoms with van der Waals surface area (Å²) in [6, 6.07) is 17.5.